The van der Waals surface area contributed by atoms with E-state index < -0.39 is 31.5 Å². The Bertz CT molecular complexity index is 2060. The van der Waals surface area contributed by atoms with E-state index in [-0.39, 0.29) is 19.0 Å². The highest BCUT2D eigenvalue weighted by Crippen LogP contribution is 2.37. The molecule has 5 aromatic carbocycles. The third-order valence-corrected chi connectivity index (χ3v) is 9.95. The number of aromatic nitrogens is 1. The number of nitrogens with one attached hydrogen (secondary N) is 3. The van der Waals surface area contributed by atoms with E-state index in [1.807, 2.05) is 121 Å². The summed E-state index contributed by atoms with van der Waals surface area (Å²) in [7, 11) is -4.04. The molecule has 238 valence electrons. The largest absolute Gasteiger partial charge is 0.480 e. The summed E-state index contributed by atoms with van der Waals surface area (Å²) in [6.07, 6.45) is 2.10. The van der Waals surface area contributed by atoms with Crippen LogP contribution in [0.5, 0.6) is 0 Å². The minimum atomic E-state index is -4.04. The van der Waals surface area contributed by atoms with Crippen LogP contribution in [0.4, 0.5) is 0 Å². The zero-order valence-electron chi connectivity index (χ0n) is 25.7. The molecule has 9 heteroatoms. The zero-order valence-corrected chi connectivity index (χ0v) is 26.6. The number of benzene rings is 5. The number of rotatable bonds is 13. The van der Waals surface area contributed by atoms with Gasteiger partial charge in [-0.15, -0.1) is 0 Å². The van der Waals surface area contributed by atoms with Crippen molar-refractivity contribution in [1.29, 1.82) is 0 Å². The second-order valence-electron chi connectivity index (χ2n) is 11.8. The van der Waals surface area contributed by atoms with Crippen molar-refractivity contribution >= 4 is 41.1 Å². The summed E-state index contributed by atoms with van der Waals surface area (Å²) < 4.78 is 13.6. The molecule has 0 saturated heterocycles. The lowest BCUT2D eigenvalue weighted by atomic mass is 10.00. The molecule has 5 N–H and O–H groups in total. The molecule has 1 heterocycles. The highest BCUT2D eigenvalue weighted by Gasteiger charge is 2.31. The number of hydrogen-bond donors (Lipinski definition) is 5. The van der Waals surface area contributed by atoms with E-state index in [0.29, 0.717) is 6.42 Å². The maximum absolute atomic E-state index is 13.8. The van der Waals surface area contributed by atoms with Crippen LogP contribution in [0.15, 0.2) is 128 Å². The molecular weight excluding hydrogens is 609 g/mol. The van der Waals surface area contributed by atoms with E-state index in [1.54, 1.807) is 6.20 Å². The van der Waals surface area contributed by atoms with E-state index in [1.165, 1.54) is 0 Å². The lowest BCUT2D eigenvalue weighted by Crippen LogP contribution is -2.51. The zero-order chi connectivity index (χ0) is 32.8. The van der Waals surface area contributed by atoms with Gasteiger partial charge in [0.05, 0.1) is 6.04 Å². The molecule has 1 aromatic heterocycles. The number of fused-ring (bicyclic) bond motifs is 2. The quantitative estimate of drug-likeness (QED) is 0.0886. The molecule has 0 aliphatic carbocycles. The molecule has 0 saturated carbocycles. The van der Waals surface area contributed by atoms with Crippen LogP contribution in [-0.2, 0) is 33.4 Å². The number of carbonyl (C=O) groups is 2. The van der Waals surface area contributed by atoms with Crippen molar-refractivity contribution in [3.8, 4) is 11.1 Å². The molecule has 0 aliphatic rings. The maximum Gasteiger partial charge on any atom is 0.326 e. The summed E-state index contributed by atoms with van der Waals surface area (Å²) in [5.74, 6) is -1.86. The van der Waals surface area contributed by atoms with Gasteiger partial charge < -0.3 is 20.3 Å². The van der Waals surface area contributed by atoms with E-state index in [2.05, 4.69) is 15.4 Å². The molecule has 0 spiro atoms. The van der Waals surface area contributed by atoms with E-state index >= 15 is 0 Å². The van der Waals surface area contributed by atoms with Crippen molar-refractivity contribution in [2.24, 2.45) is 0 Å². The fourth-order valence-corrected chi connectivity index (χ4v) is 7.26. The Hall–Kier alpha value is -5.01. The van der Waals surface area contributed by atoms with Crippen molar-refractivity contribution in [3.63, 3.8) is 0 Å². The molecule has 47 heavy (non-hydrogen) atoms. The van der Waals surface area contributed by atoms with Gasteiger partial charge in [-0.2, -0.15) is 0 Å². The Kier molecular flexibility index (Phi) is 9.64. The summed E-state index contributed by atoms with van der Waals surface area (Å²) in [5.41, 5.74) is 5.32. The SMILES string of the molecule is O=C(O)[C@H](Cc1c[nH]c2ccccc12)NC(=O)[C@H](Cc1ccc(-c2ccccc2)cc1)NP(=O)(O)CCc1ccc2ccccc2c1. The summed E-state index contributed by atoms with van der Waals surface area (Å²) in [6, 6.07) is 36.5. The number of carboxylic acid groups (broad SMARTS) is 1. The van der Waals surface area contributed by atoms with Gasteiger partial charge in [-0.25, -0.2) is 9.88 Å². The predicted octanol–water partition coefficient (Wildman–Crippen LogP) is 6.73. The first-order valence-electron chi connectivity index (χ1n) is 15.5. The van der Waals surface area contributed by atoms with Gasteiger partial charge in [-0.1, -0.05) is 115 Å². The lowest BCUT2D eigenvalue weighted by Gasteiger charge is -2.24. The number of para-hydroxylation sites is 1. The molecule has 0 radical (unpaired) electrons. The Morgan fingerprint density at radius 2 is 1.38 bits per heavy atom. The number of carboxylic acids is 1. The van der Waals surface area contributed by atoms with E-state index in [4.69, 9.17) is 0 Å². The normalized spacial score (nSPS) is 14.0. The van der Waals surface area contributed by atoms with Crippen molar-refractivity contribution in [1.82, 2.24) is 15.4 Å². The number of hydrogen-bond acceptors (Lipinski definition) is 3. The van der Waals surface area contributed by atoms with Gasteiger partial charge >= 0.3 is 5.97 Å². The van der Waals surface area contributed by atoms with Crippen molar-refractivity contribution in [3.05, 3.63) is 144 Å². The van der Waals surface area contributed by atoms with Gasteiger partial charge in [0.15, 0.2) is 0 Å². The highest BCUT2D eigenvalue weighted by molar-refractivity contribution is 7.55. The summed E-state index contributed by atoms with van der Waals surface area (Å²) in [5, 5.41) is 18.4. The Morgan fingerprint density at radius 1 is 0.723 bits per heavy atom. The average Bonchev–Trinajstić information content (AvgIpc) is 3.50. The smallest absolute Gasteiger partial charge is 0.326 e. The minimum absolute atomic E-state index is 0.0440. The standard InChI is InChI=1S/C38H36N3O5P/c42-37(40-36(38(43)44)24-32-25-39-34-13-7-6-12-33(32)34)35(23-26-14-18-30(19-15-26)28-8-2-1-3-9-28)41-47(45,46)21-20-27-16-17-29-10-4-5-11-31(29)22-27/h1-19,22,25,35-36,39H,20-21,23-24H2,(H,40,42)(H,43,44)(H2,41,45,46)/t35-,36-/m0/s1. The van der Waals surface area contributed by atoms with Gasteiger partial charge in [0.25, 0.3) is 7.52 Å². The monoisotopic (exact) mass is 645 g/mol. The van der Waals surface area contributed by atoms with Crippen LogP contribution in [0.1, 0.15) is 16.7 Å². The summed E-state index contributed by atoms with van der Waals surface area (Å²) in [6.45, 7) is 0. The summed E-state index contributed by atoms with van der Waals surface area (Å²) >= 11 is 0. The number of amides is 1. The summed E-state index contributed by atoms with van der Waals surface area (Å²) in [4.78, 5) is 40.3. The topological polar surface area (TPSA) is 132 Å². The van der Waals surface area contributed by atoms with Gasteiger partial charge in [-0.3, -0.25) is 9.36 Å². The molecule has 6 aromatic rings. The van der Waals surface area contributed by atoms with Crippen LogP contribution in [0.25, 0.3) is 32.8 Å². The second-order valence-corrected chi connectivity index (χ2v) is 13.9. The van der Waals surface area contributed by atoms with Crippen molar-refractivity contribution in [2.45, 2.75) is 31.3 Å². The molecule has 0 bridgehead atoms. The van der Waals surface area contributed by atoms with E-state index in [9.17, 15) is 24.2 Å². The Morgan fingerprint density at radius 3 is 2.15 bits per heavy atom. The van der Waals surface area contributed by atoms with E-state index in [0.717, 1.165) is 49.5 Å². The third kappa shape index (κ3) is 8.05. The molecule has 0 aliphatic heterocycles. The van der Waals surface area contributed by atoms with Gasteiger partial charge in [0.2, 0.25) is 5.91 Å². The lowest BCUT2D eigenvalue weighted by molar-refractivity contribution is -0.142. The van der Waals surface area contributed by atoms with Crippen LogP contribution in [0.2, 0.25) is 0 Å². The van der Waals surface area contributed by atoms with Crippen LogP contribution < -0.4 is 10.4 Å². The van der Waals surface area contributed by atoms with Gasteiger partial charge in [0, 0.05) is 29.7 Å². The number of aryl methyl sites for hydroxylation is 1. The molecule has 1 unspecified atom stereocenters. The second kappa shape index (κ2) is 14.2. The van der Waals surface area contributed by atoms with Crippen molar-refractivity contribution < 1.29 is 24.2 Å². The number of H-pyrrole nitrogens is 1. The number of aromatic amines is 1. The molecule has 6 rings (SSSR count). The first-order valence-corrected chi connectivity index (χ1v) is 17.4. The first kappa shape index (κ1) is 32.0. The molecule has 1 amide bonds. The highest BCUT2D eigenvalue weighted by atomic mass is 31.2. The average molecular weight is 646 g/mol. The predicted molar refractivity (Wildman–Crippen MR) is 186 cm³/mol. The van der Waals surface area contributed by atoms with Gasteiger partial charge in [0.1, 0.15) is 6.04 Å². The molecular formula is C38H36N3O5P. The molecule has 3 atom stereocenters. The maximum atomic E-state index is 13.8. The Balaban J connectivity index is 1.21. The molecule has 0 fully saturated rings. The van der Waals surface area contributed by atoms with Crippen molar-refractivity contribution in [2.75, 3.05) is 6.16 Å². The minimum Gasteiger partial charge on any atom is -0.480 e. The fourth-order valence-electron chi connectivity index (χ4n) is 5.87. The number of carbonyl (C=O) groups excluding carboxylic acids is 1. The van der Waals surface area contributed by atoms with Crippen LogP contribution in [0, 0.1) is 0 Å². The first-order chi connectivity index (χ1) is 22.7. The fraction of sp³-hybridized carbons (Fsp3) is 0.158. The Labute approximate surface area is 273 Å². The van der Waals surface area contributed by atoms with Gasteiger partial charge in [-0.05, 0) is 57.5 Å². The molecule has 8 nitrogen and oxygen atoms in total. The van der Waals surface area contributed by atoms with Crippen LogP contribution in [0.3, 0.4) is 0 Å². The number of aliphatic carboxylic acids is 1. The third-order valence-electron chi connectivity index (χ3n) is 8.41. The van der Waals surface area contributed by atoms with Crippen LogP contribution in [-0.4, -0.2) is 45.1 Å². The van der Waals surface area contributed by atoms with Crippen LogP contribution >= 0.6 is 7.52 Å².